The molecule has 0 aromatic heterocycles. The van der Waals surface area contributed by atoms with Gasteiger partial charge in [-0.2, -0.15) is 0 Å². The van der Waals surface area contributed by atoms with Crippen LogP contribution < -0.4 is 0 Å². The molecule has 0 aromatic rings. The van der Waals surface area contributed by atoms with Crippen LogP contribution in [0, 0.1) is 17.8 Å². The zero-order valence-electron chi connectivity index (χ0n) is 11.1. The maximum absolute atomic E-state index is 2.49. The van der Waals surface area contributed by atoms with Crippen LogP contribution in [-0.2, 0) is 0 Å². The summed E-state index contributed by atoms with van der Waals surface area (Å²) in [5.41, 5.74) is 0. The molecule has 0 spiro atoms. The average Bonchev–Trinajstić information content (AvgIpc) is 2.72. The van der Waals surface area contributed by atoms with E-state index in [0.29, 0.717) is 0 Å². The van der Waals surface area contributed by atoms with E-state index < -0.39 is 0 Å². The molecule has 0 bridgehead atoms. The Hall–Kier alpha value is 0. The summed E-state index contributed by atoms with van der Waals surface area (Å²) in [7, 11) is 0. The summed E-state index contributed by atoms with van der Waals surface area (Å²) in [6, 6.07) is 0. The molecule has 3 unspecified atom stereocenters. The van der Waals surface area contributed by atoms with Gasteiger partial charge in [0.15, 0.2) is 0 Å². The summed E-state index contributed by atoms with van der Waals surface area (Å²) in [6.45, 7) is 7.15. The molecule has 0 saturated heterocycles. The van der Waals surface area contributed by atoms with Crippen LogP contribution in [0.1, 0.15) is 78.6 Å². The van der Waals surface area contributed by atoms with Crippen molar-refractivity contribution in [2.45, 2.75) is 78.6 Å². The molecule has 0 heterocycles. The quantitative estimate of drug-likeness (QED) is 0.492. The molecule has 90 valence electrons. The first-order valence-electron chi connectivity index (χ1n) is 7.27. The molecule has 1 aliphatic rings. The third-order valence-corrected chi connectivity index (χ3v) is 4.48. The number of unbranched alkanes of at least 4 members (excludes halogenated alkanes) is 3. The minimum absolute atomic E-state index is 0.999. The maximum atomic E-state index is 2.49. The van der Waals surface area contributed by atoms with Crippen LogP contribution in [0.25, 0.3) is 0 Å². The highest BCUT2D eigenvalue weighted by molar-refractivity contribution is 4.78. The van der Waals surface area contributed by atoms with E-state index in [1.807, 2.05) is 0 Å². The third-order valence-electron chi connectivity index (χ3n) is 4.48. The van der Waals surface area contributed by atoms with Crippen molar-refractivity contribution >= 4 is 0 Å². The smallest absolute Gasteiger partial charge is 0.0386 e. The third kappa shape index (κ3) is 4.57. The first kappa shape index (κ1) is 13.1. The second kappa shape index (κ2) is 7.30. The van der Waals surface area contributed by atoms with Crippen molar-refractivity contribution in [1.29, 1.82) is 0 Å². The van der Waals surface area contributed by atoms with Gasteiger partial charge in [-0.3, -0.25) is 0 Å². The van der Waals surface area contributed by atoms with Crippen LogP contribution in [0.3, 0.4) is 0 Å². The van der Waals surface area contributed by atoms with Crippen LogP contribution in [-0.4, -0.2) is 0 Å². The molecule has 0 nitrogen and oxygen atoms in total. The highest BCUT2D eigenvalue weighted by Crippen LogP contribution is 2.38. The Morgan fingerprint density at radius 3 is 2.47 bits per heavy atom. The van der Waals surface area contributed by atoms with Crippen LogP contribution in [0.2, 0.25) is 0 Å². The van der Waals surface area contributed by atoms with Gasteiger partial charge in [0.1, 0.15) is 0 Å². The molecule has 0 aliphatic heterocycles. The monoisotopic (exact) mass is 210 g/mol. The largest absolute Gasteiger partial charge is 0.0654 e. The van der Waals surface area contributed by atoms with E-state index in [1.54, 1.807) is 0 Å². The van der Waals surface area contributed by atoms with Gasteiger partial charge in [0.05, 0.1) is 0 Å². The number of hydrogen-bond donors (Lipinski definition) is 0. The molecule has 0 heteroatoms. The van der Waals surface area contributed by atoms with E-state index in [4.69, 9.17) is 0 Å². The molecular weight excluding hydrogens is 180 g/mol. The Kier molecular flexibility index (Phi) is 6.36. The van der Waals surface area contributed by atoms with Gasteiger partial charge in [-0.25, -0.2) is 0 Å². The van der Waals surface area contributed by atoms with Crippen molar-refractivity contribution in [3.05, 3.63) is 0 Å². The number of hydrogen-bond acceptors (Lipinski definition) is 0. The summed E-state index contributed by atoms with van der Waals surface area (Å²) in [5.74, 6) is 3.13. The topological polar surface area (TPSA) is 0 Å². The van der Waals surface area contributed by atoms with Gasteiger partial charge in [-0.1, -0.05) is 65.7 Å². The Labute approximate surface area is 96.8 Å². The minimum Gasteiger partial charge on any atom is -0.0654 e. The van der Waals surface area contributed by atoms with Crippen molar-refractivity contribution in [2.75, 3.05) is 0 Å². The fourth-order valence-corrected chi connectivity index (χ4v) is 3.13. The highest BCUT2D eigenvalue weighted by atomic mass is 14.3. The predicted octanol–water partition coefficient (Wildman–Crippen LogP) is 5.42. The minimum atomic E-state index is 0.999. The molecule has 1 rings (SSSR count). The lowest BCUT2D eigenvalue weighted by molar-refractivity contribution is 0.322. The zero-order valence-corrected chi connectivity index (χ0v) is 11.1. The van der Waals surface area contributed by atoms with Crippen molar-refractivity contribution in [3.63, 3.8) is 0 Å². The fourth-order valence-electron chi connectivity index (χ4n) is 3.13. The van der Waals surface area contributed by atoms with E-state index in [-0.39, 0.29) is 0 Å². The second-order valence-corrected chi connectivity index (χ2v) is 5.67. The van der Waals surface area contributed by atoms with Crippen molar-refractivity contribution in [2.24, 2.45) is 17.8 Å². The Morgan fingerprint density at radius 1 is 1.07 bits per heavy atom. The maximum Gasteiger partial charge on any atom is -0.0386 e. The van der Waals surface area contributed by atoms with Crippen LogP contribution >= 0.6 is 0 Å². The molecule has 15 heavy (non-hydrogen) atoms. The molecule has 1 fully saturated rings. The molecule has 0 N–H and O–H groups in total. The van der Waals surface area contributed by atoms with Crippen LogP contribution in [0.15, 0.2) is 0 Å². The van der Waals surface area contributed by atoms with Gasteiger partial charge in [-0.05, 0) is 30.6 Å². The molecule has 1 saturated carbocycles. The fraction of sp³-hybridized carbons (Fsp3) is 1.00. The highest BCUT2D eigenvalue weighted by Gasteiger charge is 2.26. The first-order chi connectivity index (χ1) is 7.27. The number of rotatable bonds is 7. The SMILES string of the molecule is CCCCCCC(C)C1CCC(CC)C1. The summed E-state index contributed by atoms with van der Waals surface area (Å²) < 4.78 is 0. The Balaban J connectivity index is 2.09. The van der Waals surface area contributed by atoms with Crippen LogP contribution in [0.4, 0.5) is 0 Å². The lowest BCUT2D eigenvalue weighted by Crippen LogP contribution is -2.08. The molecule has 0 aromatic carbocycles. The summed E-state index contributed by atoms with van der Waals surface area (Å²) in [5, 5.41) is 0. The van der Waals surface area contributed by atoms with Gasteiger partial charge in [0, 0.05) is 0 Å². The van der Waals surface area contributed by atoms with Gasteiger partial charge in [-0.15, -0.1) is 0 Å². The molecule has 1 aliphatic carbocycles. The van der Waals surface area contributed by atoms with Crippen molar-refractivity contribution < 1.29 is 0 Å². The van der Waals surface area contributed by atoms with E-state index in [0.717, 1.165) is 17.8 Å². The van der Waals surface area contributed by atoms with Gasteiger partial charge in [0.2, 0.25) is 0 Å². The summed E-state index contributed by atoms with van der Waals surface area (Å²) in [4.78, 5) is 0. The van der Waals surface area contributed by atoms with Crippen molar-refractivity contribution in [3.8, 4) is 0 Å². The second-order valence-electron chi connectivity index (χ2n) is 5.67. The first-order valence-corrected chi connectivity index (χ1v) is 7.27. The Bertz CT molecular complexity index is 150. The molecule has 0 radical (unpaired) electrons. The Morgan fingerprint density at radius 2 is 1.87 bits per heavy atom. The molecule has 3 atom stereocenters. The van der Waals surface area contributed by atoms with E-state index in [2.05, 4.69) is 20.8 Å². The van der Waals surface area contributed by atoms with E-state index in [1.165, 1.54) is 57.8 Å². The molecular formula is C15H30. The lowest BCUT2D eigenvalue weighted by Gasteiger charge is -2.19. The molecule has 0 amide bonds. The van der Waals surface area contributed by atoms with Crippen LogP contribution in [0.5, 0.6) is 0 Å². The van der Waals surface area contributed by atoms with Gasteiger partial charge < -0.3 is 0 Å². The van der Waals surface area contributed by atoms with Gasteiger partial charge >= 0.3 is 0 Å². The van der Waals surface area contributed by atoms with Gasteiger partial charge in [0.25, 0.3) is 0 Å². The van der Waals surface area contributed by atoms with E-state index >= 15 is 0 Å². The standard InChI is InChI=1S/C15H30/c1-4-6-7-8-9-13(3)15-11-10-14(5-2)12-15/h13-15H,4-12H2,1-3H3. The average molecular weight is 210 g/mol. The zero-order chi connectivity index (χ0) is 11.1. The summed E-state index contributed by atoms with van der Waals surface area (Å²) >= 11 is 0. The normalized spacial score (nSPS) is 28.2. The lowest BCUT2D eigenvalue weighted by atomic mass is 9.87. The van der Waals surface area contributed by atoms with E-state index in [9.17, 15) is 0 Å². The predicted molar refractivity (Wildman–Crippen MR) is 69.0 cm³/mol. The summed E-state index contributed by atoms with van der Waals surface area (Å²) in [6.07, 6.45) is 13.2. The van der Waals surface area contributed by atoms with Crippen molar-refractivity contribution in [1.82, 2.24) is 0 Å².